The van der Waals surface area contributed by atoms with Crippen molar-refractivity contribution in [1.82, 2.24) is 15.5 Å². The average molecular weight is 534 g/mol. The fraction of sp³-hybridized carbons (Fsp3) is 0.682. The van der Waals surface area contributed by atoms with Crippen molar-refractivity contribution in [3.8, 4) is 0 Å². The van der Waals surface area contributed by atoms with Crippen LogP contribution in [0.1, 0.15) is 37.3 Å². The molecule has 1 aromatic rings. The molecule has 3 rings (SSSR count). The fourth-order valence-electron chi connectivity index (χ4n) is 4.23. The molecule has 1 atom stereocenters. The number of halogens is 2. The second-order valence-electron chi connectivity index (χ2n) is 8.12. The van der Waals surface area contributed by atoms with Gasteiger partial charge < -0.3 is 20.1 Å². The van der Waals surface area contributed by atoms with Crippen LogP contribution in [0.2, 0.25) is 0 Å². The van der Waals surface area contributed by atoms with E-state index in [9.17, 15) is 4.39 Å². The Bertz CT molecular complexity index is 649. The van der Waals surface area contributed by atoms with E-state index in [1.807, 2.05) is 12.1 Å². The number of aliphatic imine (C=N–C) groups is 1. The molecule has 1 saturated heterocycles. The molecule has 170 valence electrons. The van der Waals surface area contributed by atoms with Crippen molar-refractivity contribution in [2.24, 2.45) is 10.4 Å². The molecule has 8 heteroatoms. The number of methoxy groups -OCH3 is 1. The Morgan fingerprint density at radius 3 is 2.50 bits per heavy atom. The third-order valence-corrected chi connectivity index (χ3v) is 6.31. The topological polar surface area (TPSA) is 58.1 Å². The molecule has 0 amide bonds. The zero-order valence-corrected chi connectivity index (χ0v) is 20.5. The molecule has 0 bridgehead atoms. The van der Waals surface area contributed by atoms with E-state index in [4.69, 9.17) is 9.47 Å². The first-order valence-corrected chi connectivity index (χ1v) is 10.7. The molecule has 1 heterocycles. The highest BCUT2D eigenvalue weighted by Gasteiger charge is 2.36. The van der Waals surface area contributed by atoms with Crippen LogP contribution in [0.3, 0.4) is 0 Å². The van der Waals surface area contributed by atoms with Crippen molar-refractivity contribution < 1.29 is 13.9 Å². The predicted octanol–water partition coefficient (Wildman–Crippen LogP) is 3.19. The third-order valence-electron chi connectivity index (χ3n) is 6.31. The maximum atomic E-state index is 13.4. The highest BCUT2D eigenvalue weighted by atomic mass is 127. The van der Waals surface area contributed by atoms with E-state index in [1.54, 1.807) is 14.2 Å². The number of ether oxygens (including phenoxy) is 2. The molecule has 30 heavy (non-hydrogen) atoms. The minimum absolute atomic E-state index is 0. The molecule has 0 aromatic heterocycles. The molecule has 0 spiro atoms. The second kappa shape index (κ2) is 12.8. The Morgan fingerprint density at radius 1 is 1.23 bits per heavy atom. The van der Waals surface area contributed by atoms with Gasteiger partial charge in [-0.25, -0.2) is 4.39 Å². The van der Waals surface area contributed by atoms with Crippen LogP contribution in [-0.4, -0.2) is 71.0 Å². The van der Waals surface area contributed by atoms with Crippen LogP contribution in [-0.2, 0) is 9.47 Å². The lowest BCUT2D eigenvalue weighted by Crippen LogP contribution is -2.49. The summed E-state index contributed by atoms with van der Waals surface area (Å²) < 4.78 is 24.2. The molecule has 1 aliphatic heterocycles. The Hall–Kier alpha value is -0.970. The molecule has 2 N–H and O–H groups in total. The first kappa shape index (κ1) is 25.3. The summed E-state index contributed by atoms with van der Waals surface area (Å²) in [6.07, 6.45) is 4.86. The molecule has 2 aliphatic rings. The van der Waals surface area contributed by atoms with Gasteiger partial charge in [-0.1, -0.05) is 18.6 Å². The van der Waals surface area contributed by atoms with Crippen molar-refractivity contribution in [3.05, 3.63) is 35.6 Å². The van der Waals surface area contributed by atoms with Gasteiger partial charge in [0.2, 0.25) is 0 Å². The van der Waals surface area contributed by atoms with E-state index < -0.39 is 0 Å². The number of nitrogens with zero attached hydrogens (tertiary/aromatic N) is 2. The zero-order valence-electron chi connectivity index (χ0n) is 18.2. The highest BCUT2D eigenvalue weighted by molar-refractivity contribution is 14.0. The number of nitrogens with one attached hydrogen (secondary N) is 2. The number of hydrogen-bond acceptors (Lipinski definition) is 4. The van der Waals surface area contributed by atoms with Crippen molar-refractivity contribution in [2.75, 3.05) is 60.2 Å². The van der Waals surface area contributed by atoms with Crippen LogP contribution >= 0.6 is 24.0 Å². The van der Waals surface area contributed by atoms with Gasteiger partial charge in [-0.2, -0.15) is 0 Å². The summed E-state index contributed by atoms with van der Waals surface area (Å²) in [5.41, 5.74) is 1.43. The number of hydrogen-bond donors (Lipinski definition) is 2. The van der Waals surface area contributed by atoms with Gasteiger partial charge >= 0.3 is 0 Å². The molecular weight excluding hydrogens is 498 g/mol. The SMILES string of the molecule is CN=C(NCC(c1ccc(F)cc1)N1CCOCC1)NCC1(CCOC)CCC1.I. The van der Waals surface area contributed by atoms with Gasteiger partial charge in [-0.15, -0.1) is 24.0 Å². The minimum atomic E-state index is -0.207. The van der Waals surface area contributed by atoms with Crippen LogP contribution in [0.4, 0.5) is 4.39 Å². The Morgan fingerprint density at radius 2 is 1.93 bits per heavy atom. The largest absolute Gasteiger partial charge is 0.385 e. The molecule has 2 fully saturated rings. The average Bonchev–Trinajstić information content (AvgIpc) is 2.73. The molecule has 1 aromatic carbocycles. The first-order valence-electron chi connectivity index (χ1n) is 10.7. The zero-order chi connectivity index (χ0) is 20.5. The lowest BCUT2D eigenvalue weighted by molar-refractivity contribution is 0.0169. The van der Waals surface area contributed by atoms with Gasteiger partial charge in [-0.3, -0.25) is 9.89 Å². The molecule has 1 saturated carbocycles. The van der Waals surface area contributed by atoms with Gasteiger partial charge in [-0.05, 0) is 42.4 Å². The number of morpholine rings is 1. The van der Waals surface area contributed by atoms with E-state index in [2.05, 4.69) is 20.5 Å². The summed E-state index contributed by atoms with van der Waals surface area (Å²) in [7, 11) is 3.57. The standard InChI is InChI=1S/C22H35FN4O2.HI/c1-24-21(26-17-22(8-3-9-22)10-13-28-2)25-16-20(27-11-14-29-15-12-27)18-4-6-19(23)7-5-18;/h4-7,20H,3,8-17H2,1-2H3,(H2,24,25,26);1H. The lowest BCUT2D eigenvalue weighted by atomic mass is 9.67. The van der Waals surface area contributed by atoms with E-state index >= 15 is 0 Å². The van der Waals surface area contributed by atoms with E-state index in [1.165, 1.54) is 31.4 Å². The Kier molecular flexibility index (Phi) is 10.8. The molecular formula is C22H36FIN4O2. The smallest absolute Gasteiger partial charge is 0.191 e. The summed E-state index contributed by atoms with van der Waals surface area (Å²) in [6.45, 7) is 5.62. The summed E-state index contributed by atoms with van der Waals surface area (Å²) in [4.78, 5) is 6.81. The van der Waals surface area contributed by atoms with Gasteiger partial charge in [0.1, 0.15) is 5.82 Å². The van der Waals surface area contributed by atoms with Crippen molar-refractivity contribution in [3.63, 3.8) is 0 Å². The maximum absolute atomic E-state index is 13.4. The van der Waals surface area contributed by atoms with Gasteiger partial charge in [0, 0.05) is 46.9 Å². The number of guanidine groups is 1. The van der Waals surface area contributed by atoms with Crippen LogP contribution in [0, 0.1) is 11.2 Å². The Labute approximate surface area is 197 Å². The second-order valence-corrected chi connectivity index (χ2v) is 8.12. The van der Waals surface area contributed by atoms with Gasteiger partial charge in [0.15, 0.2) is 5.96 Å². The van der Waals surface area contributed by atoms with E-state index in [0.29, 0.717) is 12.0 Å². The summed E-state index contributed by atoms with van der Waals surface area (Å²) in [5, 5.41) is 7.01. The van der Waals surface area contributed by atoms with E-state index in [-0.39, 0.29) is 35.8 Å². The fourth-order valence-corrected chi connectivity index (χ4v) is 4.23. The van der Waals surface area contributed by atoms with Crippen molar-refractivity contribution >= 4 is 29.9 Å². The van der Waals surface area contributed by atoms with E-state index in [0.717, 1.165) is 57.4 Å². The van der Waals surface area contributed by atoms with Crippen LogP contribution in [0.5, 0.6) is 0 Å². The lowest BCUT2D eigenvalue weighted by Gasteiger charge is -2.42. The summed E-state index contributed by atoms with van der Waals surface area (Å²) in [6, 6.07) is 6.96. The molecule has 0 radical (unpaired) electrons. The van der Waals surface area contributed by atoms with Crippen LogP contribution in [0.25, 0.3) is 0 Å². The summed E-state index contributed by atoms with van der Waals surface area (Å²) >= 11 is 0. The van der Waals surface area contributed by atoms with Crippen molar-refractivity contribution in [1.29, 1.82) is 0 Å². The van der Waals surface area contributed by atoms with Gasteiger partial charge in [0.25, 0.3) is 0 Å². The third kappa shape index (κ3) is 7.03. The molecule has 6 nitrogen and oxygen atoms in total. The van der Waals surface area contributed by atoms with Crippen LogP contribution < -0.4 is 10.6 Å². The normalized spacial score (nSPS) is 20.0. The Balaban J connectivity index is 0.00000320. The number of rotatable bonds is 9. The monoisotopic (exact) mass is 534 g/mol. The molecule has 1 unspecified atom stereocenters. The quantitative estimate of drug-likeness (QED) is 0.290. The van der Waals surface area contributed by atoms with Crippen molar-refractivity contribution in [2.45, 2.75) is 31.7 Å². The van der Waals surface area contributed by atoms with Gasteiger partial charge in [0.05, 0.1) is 19.3 Å². The number of benzene rings is 1. The first-order chi connectivity index (χ1) is 14.2. The minimum Gasteiger partial charge on any atom is -0.385 e. The summed E-state index contributed by atoms with van der Waals surface area (Å²) in [5.74, 6) is 0.607. The highest BCUT2D eigenvalue weighted by Crippen LogP contribution is 2.43. The van der Waals surface area contributed by atoms with Crippen LogP contribution in [0.15, 0.2) is 29.3 Å². The molecule has 1 aliphatic carbocycles. The maximum Gasteiger partial charge on any atom is 0.191 e. The predicted molar refractivity (Wildman–Crippen MR) is 129 cm³/mol.